The quantitative estimate of drug-likeness (QED) is 0.847. The third kappa shape index (κ3) is 3.86. The van der Waals surface area contributed by atoms with E-state index in [9.17, 15) is 0 Å². The summed E-state index contributed by atoms with van der Waals surface area (Å²) in [4.78, 5) is 0. The molecule has 0 saturated heterocycles. The van der Waals surface area contributed by atoms with Gasteiger partial charge in [0.2, 0.25) is 0 Å². The van der Waals surface area contributed by atoms with E-state index in [0.29, 0.717) is 6.04 Å². The van der Waals surface area contributed by atoms with Gasteiger partial charge in [-0.2, -0.15) is 0 Å². The van der Waals surface area contributed by atoms with Gasteiger partial charge >= 0.3 is 0 Å². The third-order valence-electron chi connectivity index (χ3n) is 3.06. The van der Waals surface area contributed by atoms with Crippen LogP contribution in [0.4, 0.5) is 0 Å². The standard InChI is InChI=1S/C16H18ClN/c1-13(15-8-5-9-16(17)12-15)18-11-10-14-6-3-2-4-7-14/h2-9,12-13,18H,10-11H2,1H3/t13-/m0/s1. The zero-order chi connectivity index (χ0) is 12.8. The number of halogens is 1. The second kappa shape index (κ2) is 6.58. The minimum absolute atomic E-state index is 0.326. The minimum atomic E-state index is 0.326. The Bertz CT molecular complexity index is 481. The first-order chi connectivity index (χ1) is 8.75. The number of hydrogen-bond acceptors (Lipinski definition) is 1. The highest BCUT2D eigenvalue weighted by Crippen LogP contribution is 2.17. The summed E-state index contributed by atoms with van der Waals surface area (Å²) in [6, 6.07) is 18.9. The van der Waals surface area contributed by atoms with Crippen LogP contribution < -0.4 is 5.32 Å². The highest BCUT2D eigenvalue weighted by molar-refractivity contribution is 6.30. The summed E-state index contributed by atoms with van der Waals surface area (Å²) >= 11 is 5.99. The average Bonchev–Trinajstić information content (AvgIpc) is 2.40. The van der Waals surface area contributed by atoms with Crippen molar-refractivity contribution in [1.29, 1.82) is 0 Å². The smallest absolute Gasteiger partial charge is 0.0409 e. The fourth-order valence-electron chi connectivity index (χ4n) is 1.97. The van der Waals surface area contributed by atoms with Crippen LogP contribution in [0.5, 0.6) is 0 Å². The Morgan fingerprint density at radius 3 is 2.56 bits per heavy atom. The molecule has 1 atom stereocenters. The zero-order valence-corrected chi connectivity index (χ0v) is 11.3. The highest BCUT2D eigenvalue weighted by atomic mass is 35.5. The number of hydrogen-bond donors (Lipinski definition) is 1. The van der Waals surface area contributed by atoms with E-state index >= 15 is 0 Å². The SMILES string of the molecule is C[C@H](NCCc1ccccc1)c1cccc(Cl)c1. The molecule has 0 saturated carbocycles. The summed E-state index contributed by atoms with van der Waals surface area (Å²) in [5, 5.41) is 4.31. The van der Waals surface area contributed by atoms with E-state index in [2.05, 4.69) is 42.6 Å². The van der Waals surface area contributed by atoms with Gasteiger partial charge in [-0.25, -0.2) is 0 Å². The van der Waals surface area contributed by atoms with Gasteiger partial charge in [-0.05, 0) is 43.1 Å². The molecule has 0 aliphatic rings. The zero-order valence-electron chi connectivity index (χ0n) is 10.6. The fourth-order valence-corrected chi connectivity index (χ4v) is 2.17. The van der Waals surface area contributed by atoms with Gasteiger partial charge in [-0.3, -0.25) is 0 Å². The van der Waals surface area contributed by atoms with Crippen molar-refractivity contribution >= 4 is 11.6 Å². The molecule has 1 nitrogen and oxygen atoms in total. The van der Waals surface area contributed by atoms with Crippen LogP contribution in [-0.2, 0) is 6.42 Å². The molecule has 0 aliphatic carbocycles. The molecule has 0 radical (unpaired) electrons. The van der Waals surface area contributed by atoms with E-state index in [-0.39, 0.29) is 0 Å². The van der Waals surface area contributed by atoms with Crippen molar-refractivity contribution in [2.45, 2.75) is 19.4 Å². The monoisotopic (exact) mass is 259 g/mol. The van der Waals surface area contributed by atoms with Gasteiger partial charge < -0.3 is 5.32 Å². The first-order valence-electron chi connectivity index (χ1n) is 6.28. The van der Waals surface area contributed by atoms with Gasteiger partial charge in [0.15, 0.2) is 0 Å². The molecule has 0 unspecified atom stereocenters. The fraction of sp³-hybridized carbons (Fsp3) is 0.250. The second-order valence-corrected chi connectivity index (χ2v) is 4.90. The maximum absolute atomic E-state index is 5.99. The molecular weight excluding hydrogens is 242 g/mol. The summed E-state index contributed by atoms with van der Waals surface area (Å²) < 4.78 is 0. The molecule has 0 spiro atoms. The topological polar surface area (TPSA) is 12.0 Å². The molecule has 2 heteroatoms. The minimum Gasteiger partial charge on any atom is -0.310 e. The van der Waals surface area contributed by atoms with Crippen molar-refractivity contribution in [2.75, 3.05) is 6.54 Å². The molecule has 94 valence electrons. The second-order valence-electron chi connectivity index (χ2n) is 4.47. The molecule has 1 N–H and O–H groups in total. The van der Waals surface area contributed by atoms with Gasteiger partial charge in [-0.1, -0.05) is 54.1 Å². The molecule has 2 aromatic carbocycles. The van der Waals surface area contributed by atoms with Crippen molar-refractivity contribution in [1.82, 2.24) is 5.32 Å². The maximum atomic E-state index is 5.99. The Labute approximate surface area is 114 Å². The van der Waals surface area contributed by atoms with Crippen molar-refractivity contribution in [3.05, 3.63) is 70.7 Å². The third-order valence-corrected chi connectivity index (χ3v) is 3.29. The normalized spacial score (nSPS) is 12.3. The Hall–Kier alpha value is -1.31. The summed E-state index contributed by atoms with van der Waals surface area (Å²) in [5.74, 6) is 0. The van der Waals surface area contributed by atoms with Crippen LogP contribution in [0.1, 0.15) is 24.1 Å². The summed E-state index contributed by atoms with van der Waals surface area (Å²) in [5.41, 5.74) is 2.60. The van der Waals surface area contributed by atoms with E-state index in [1.807, 2.05) is 24.3 Å². The molecule has 0 bridgehead atoms. The average molecular weight is 260 g/mol. The molecule has 0 aromatic heterocycles. The summed E-state index contributed by atoms with van der Waals surface area (Å²) in [7, 11) is 0. The van der Waals surface area contributed by atoms with Crippen LogP contribution in [0.3, 0.4) is 0 Å². The maximum Gasteiger partial charge on any atom is 0.0409 e. The van der Waals surface area contributed by atoms with E-state index in [1.54, 1.807) is 0 Å². The summed E-state index contributed by atoms with van der Waals surface area (Å²) in [6.45, 7) is 3.13. The predicted molar refractivity (Wildman–Crippen MR) is 78.0 cm³/mol. The van der Waals surface area contributed by atoms with Crippen LogP contribution in [-0.4, -0.2) is 6.54 Å². The van der Waals surface area contributed by atoms with Crippen molar-refractivity contribution < 1.29 is 0 Å². The van der Waals surface area contributed by atoms with Crippen LogP contribution in [0.25, 0.3) is 0 Å². The molecule has 0 amide bonds. The Morgan fingerprint density at radius 1 is 1.06 bits per heavy atom. The molecule has 0 fully saturated rings. The van der Waals surface area contributed by atoms with Crippen LogP contribution in [0.2, 0.25) is 5.02 Å². The first kappa shape index (κ1) is 13.1. The summed E-state index contributed by atoms with van der Waals surface area (Å²) in [6.07, 6.45) is 1.05. The number of rotatable bonds is 5. The van der Waals surface area contributed by atoms with Gasteiger partial charge in [0.05, 0.1) is 0 Å². The van der Waals surface area contributed by atoms with Gasteiger partial charge in [0.25, 0.3) is 0 Å². The molecule has 2 aromatic rings. The van der Waals surface area contributed by atoms with Gasteiger partial charge in [-0.15, -0.1) is 0 Å². The Morgan fingerprint density at radius 2 is 1.83 bits per heavy atom. The largest absolute Gasteiger partial charge is 0.310 e. The number of benzene rings is 2. The van der Waals surface area contributed by atoms with Crippen LogP contribution >= 0.6 is 11.6 Å². The Kier molecular flexibility index (Phi) is 4.80. The van der Waals surface area contributed by atoms with E-state index in [1.165, 1.54) is 11.1 Å². The first-order valence-corrected chi connectivity index (χ1v) is 6.66. The van der Waals surface area contributed by atoms with Crippen molar-refractivity contribution in [3.63, 3.8) is 0 Å². The van der Waals surface area contributed by atoms with E-state index in [0.717, 1.165) is 18.0 Å². The van der Waals surface area contributed by atoms with Gasteiger partial charge in [0, 0.05) is 11.1 Å². The van der Waals surface area contributed by atoms with Crippen molar-refractivity contribution in [2.24, 2.45) is 0 Å². The molecular formula is C16H18ClN. The lowest BCUT2D eigenvalue weighted by Crippen LogP contribution is -2.21. The van der Waals surface area contributed by atoms with Crippen LogP contribution in [0, 0.1) is 0 Å². The lowest BCUT2D eigenvalue weighted by atomic mass is 10.1. The molecule has 18 heavy (non-hydrogen) atoms. The molecule has 0 aliphatic heterocycles. The van der Waals surface area contributed by atoms with Crippen molar-refractivity contribution in [3.8, 4) is 0 Å². The van der Waals surface area contributed by atoms with E-state index < -0.39 is 0 Å². The van der Waals surface area contributed by atoms with Crippen LogP contribution in [0.15, 0.2) is 54.6 Å². The lowest BCUT2D eigenvalue weighted by Gasteiger charge is -2.14. The number of nitrogens with one attached hydrogen (secondary N) is 1. The van der Waals surface area contributed by atoms with E-state index in [4.69, 9.17) is 11.6 Å². The molecule has 0 heterocycles. The lowest BCUT2D eigenvalue weighted by molar-refractivity contribution is 0.577. The van der Waals surface area contributed by atoms with Gasteiger partial charge in [0.1, 0.15) is 0 Å². The highest BCUT2D eigenvalue weighted by Gasteiger charge is 2.04. The predicted octanol–water partition coefficient (Wildman–Crippen LogP) is 4.23. The Balaban J connectivity index is 1.83. The molecule has 2 rings (SSSR count).